The van der Waals surface area contributed by atoms with Gasteiger partial charge in [0.2, 0.25) is 0 Å². The molecule has 2 N–H and O–H groups in total. The van der Waals surface area contributed by atoms with Gasteiger partial charge in [-0.1, -0.05) is 31.2 Å². The monoisotopic (exact) mass is 319 g/mol. The van der Waals surface area contributed by atoms with Crippen molar-refractivity contribution < 1.29 is 4.79 Å². The van der Waals surface area contributed by atoms with Crippen molar-refractivity contribution in [3.8, 4) is 0 Å². The summed E-state index contributed by atoms with van der Waals surface area (Å²) in [6, 6.07) is 9.83. The maximum absolute atomic E-state index is 12.8. The zero-order chi connectivity index (χ0) is 14.8. The van der Waals surface area contributed by atoms with Crippen molar-refractivity contribution in [1.82, 2.24) is 9.88 Å². The van der Waals surface area contributed by atoms with Gasteiger partial charge < -0.3 is 10.6 Å². The standard InChI is InChI=1S/C17H21N3O.ClH/c1-12-7-9-20(11-14(12)10-18)17(21)16-15-5-3-2-4-13(15)6-8-19-16;/h2-6,8,12,14H,7,9-11,18H2,1H3;1H. The lowest BCUT2D eigenvalue weighted by atomic mass is 9.87. The Kier molecular flexibility index (Phi) is 5.37. The van der Waals surface area contributed by atoms with Crippen LogP contribution in [0, 0.1) is 11.8 Å². The Morgan fingerprint density at radius 3 is 2.91 bits per heavy atom. The molecule has 0 spiro atoms. The van der Waals surface area contributed by atoms with Gasteiger partial charge in [-0.2, -0.15) is 0 Å². The number of amides is 1. The third-order valence-corrected chi connectivity index (χ3v) is 4.58. The number of hydrogen-bond donors (Lipinski definition) is 1. The summed E-state index contributed by atoms with van der Waals surface area (Å²) in [6.07, 6.45) is 2.72. The van der Waals surface area contributed by atoms with Gasteiger partial charge in [0.05, 0.1) is 0 Å². The van der Waals surface area contributed by atoms with Crippen molar-refractivity contribution in [2.75, 3.05) is 19.6 Å². The molecular formula is C17H22ClN3O. The van der Waals surface area contributed by atoms with Crippen LogP contribution in [0.3, 0.4) is 0 Å². The number of aromatic nitrogens is 1. The zero-order valence-corrected chi connectivity index (χ0v) is 13.6. The van der Waals surface area contributed by atoms with Crippen molar-refractivity contribution in [3.63, 3.8) is 0 Å². The topological polar surface area (TPSA) is 59.2 Å². The van der Waals surface area contributed by atoms with Crippen LogP contribution in [0.1, 0.15) is 23.8 Å². The highest BCUT2D eigenvalue weighted by molar-refractivity contribution is 6.05. The summed E-state index contributed by atoms with van der Waals surface area (Å²) in [5, 5.41) is 1.98. The van der Waals surface area contributed by atoms with Gasteiger partial charge in [0, 0.05) is 24.7 Å². The number of hydrogen-bond acceptors (Lipinski definition) is 3. The number of halogens is 1. The van der Waals surface area contributed by atoms with E-state index in [0.29, 0.717) is 24.1 Å². The van der Waals surface area contributed by atoms with Crippen molar-refractivity contribution in [2.24, 2.45) is 17.6 Å². The third kappa shape index (κ3) is 3.08. The van der Waals surface area contributed by atoms with Gasteiger partial charge in [0.25, 0.3) is 5.91 Å². The second kappa shape index (κ2) is 7.07. The first-order valence-electron chi connectivity index (χ1n) is 7.54. The van der Waals surface area contributed by atoms with Crippen molar-refractivity contribution in [2.45, 2.75) is 13.3 Å². The molecule has 118 valence electrons. The number of benzene rings is 1. The lowest BCUT2D eigenvalue weighted by Gasteiger charge is -2.36. The molecule has 1 aliphatic rings. The SMILES string of the molecule is CC1CCN(C(=O)c2nccc3ccccc23)CC1CN.Cl. The van der Waals surface area contributed by atoms with Gasteiger partial charge in [0.15, 0.2) is 0 Å². The minimum absolute atomic E-state index is 0. The molecule has 0 bridgehead atoms. The van der Waals surface area contributed by atoms with E-state index in [1.165, 1.54) is 0 Å². The zero-order valence-electron chi connectivity index (χ0n) is 12.7. The first-order valence-corrected chi connectivity index (χ1v) is 7.54. The van der Waals surface area contributed by atoms with E-state index >= 15 is 0 Å². The second-order valence-electron chi connectivity index (χ2n) is 5.89. The van der Waals surface area contributed by atoms with E-state index in [9.17, 15) is 4.79 Å². The number of nitrogens with two attached hydrogens (primary N) is 1. The Morgan fingerprint density at radius 2 is 2.14 bits per heavy atom. The fourth-order valence-corrected chi connectivity index (χ4v) is 3.08. The first kappa shape index (κ1) is 16.7. The van der Waals surface area contributed by atoms with Gasteiger partial charge in [-0.3, -0.25) is 9.78 Å². The highest BCUT2D eigenvalue weighted by Gasteiger charge is 2.29. The molecule has 4 nitrogen and oxygen atoms in total. The number of fused-ring (bicyclic) bond motifs is 1. The Hall–Kier alpha value is -1.65. The van der Waals surface area contributed by atoms with Crippen molar-refractivity contribution in [3.05, 3.63) is 42.2 Å². The van der Waals surface area contributed by atoms with Crippen molar-refractivity contribution in [1.29, 1.82) is 0 Å². The molecule has 3 rings (SSSR count). The number of rotatable bonds is 2. The number of piperidine rings is 1. The van der Waals surface area contributed by atoms with Crippen molar-refractivity contribution >= 4 is 29.1 Å². The minimum atomic E-state index is 0. The molecule has 5 heteroatoms. The molecule has 1 fully saturated rings. The molecule has 2 heterocycles. The number of nitrogens with zero attached hydrogens (tertiary/aromatic N) is 2. The molecule has 0 aliphatic carbocycles. The Balaban J connectivity index is 0.00000176. The van der Waals surface area contributed by atoms with Gasteiger partial charge in [-0.05, 0) is 36.3 Å². The number of carbonyl (C=O) groups is 1. The molecular weight excluding hydrogens is 298 g/mol. The number of pyridine rings is 1. The van der Waals surface area contributed by atoms with E-state index in [4.69, 9.17) is 5.73 Å². The minimum Gasteiger partial charge on any atom is -0.337 e. The highest BCUT2D eigenvalue weighted by atomic mass is 35.5. The average molecular weight is 320 g/mol. The largest absolute Gasteiger partial charge is 0.337 e. The van der Waals surface area contributed by atoms with Crippen LogP contribution in [0.25, 0.3) is 10.8 Å². The van der Waals surface area contributed by atoms with Crippen LogP contribution in [0.2, 0.25) is 0 Å². The Bertz CT molecular complexity index is 656. The lowest BCUT2D eigenvalue weighted by Crippen LogP contribution is -2.45. The quantitative estimate of drug-likeness (QED) is 0.926. The van der Waals surface area contributed by atoms with Gasteiger partial charge in [0.1, 0.15) is 5.69 Å². The lowest BCUT2D eigenvalue weighted by molar-refractivity contribution is 0.0615. The molecule has 1 aromatic carbocycles. The molecule has 1 aromatic heterocycles. The molecule has 0 saturated carbocycles. The summed E-state index contributed by atoms with van der Waals surface area (Å²) < 4.78 is 0. The van der Waals surface area contributed by atoms with E-state index in [2.05, 4.69) is 11.9 Å². The molecule has 1 saturated heterocycles. The summed E-state index contributed by atoms with van der Waals surface area (Å²) in [5.41, 5.74) is 6.39. The summed E-state index contributed by atoms with van der Waals surface area (Å²) in [7, 11) is 0. The van der Waals surface area contributed by atoms with Crippen LogP contribution < -0.4 is 5.73 Å². The summed E-state index contributed by atoms with van der Waals surface area (Å²) in [4.78, 5) is 19.0. The van der Waals surface area contributed by atoms with E-state index < -0.39 is 0 Å². The van der Waals surface area contributed by atoms with E-state index in [1.54, 1.807) is 6.20 Å². The average Bonchev–Trinajstić information content (AvgIpc) is 2.54. The van der Waals surface area contributed by atoms with Gasteiger partial charge in [-0.15, -0.1) is 12.4 Å². The molecule has 1 amide bonds. The van der Waals surface area contributed by atoms with Crippen LogP contribution in [-0.4, -0.2) is 35.4 Å². The Labute approximate surface area is 137 Å². The van der Waals surface area contributed by atoms with Crippen LogP contribution >= 0.6 is 12.4 Å². The van der Waals surface area contributed by atoms with Crippen LogP contribution in [0.5, 0.6) is 0 Å². The normalized spacial score (nSPS) is 21.5. The number of carbonyl (C=O) groups excluding carboxylic acids is 1. The predicted molar refractivity (Wildman–Crippen MR) is 91.2 cm³/mol. The fourth-order valence-electron chi connectivity index (χ4n) is 3.08. The fraction of sp³-hybridized carbons (Fsp3) is 0.412. The summed E-state index contributed by atoms with van der Waals surface area (Å²) in [5.74, 6) is 0.995. The molecule has 2 atom stereocenters. The maximum atomic E-state index is 12.8. The van der Waals surface area contributed by atoms with Crippen LogP contribution in [-0.2, 0) is 0 Å². The molecule has 2 unspecified atom stereocenters. The Morgan fingerprint density at radius 1 is 1.36 bits per heavy atom. The van der Waals surface area contributed by atoms with E-state index in [1.807, 2.05) is 35.2 Å². The highest BCUT2D eigenvalue weighted by Crippen LogP contribution is 2.25. The maximum Gasteiger partial charge on any atom is 0.273 e. The molecule has 2 aromatic rings. The summed E-state index contributed by atoms with van der Waals surface area (Å²) in [6.45, 7) is 4.38. The predicted octanol–water partition coefficient (Wildman–Crippen LogP) is 2.71. The third-order valence-electron chi connectivity index (χ3n) is 4.58. The second-order valence-corrected chi connectivity index (χ2v) is 5.89. The van der Waals surface area contributed by atoms with Crippen LogP contribution in [0.15, 0.2) is 36.5 Å². The molecule has 1 aliphatic heterocycles. The van der Waals surface area contributed by atoms with Crippen LogP contribution in [0.4, 0.5) is 0 Å². The smallest absolute Gasteiger partial charge is 0.273 e. The van der Waals surface area contributed by atoms with Gasteiger partial charge >= 0.3 is 0 Å². The molecule has 0 radical (unpaired) electrons. The van der Waals surface area contributed by atoms with Gasteiger partial charge in [-0.25, -0.2) is 0 Å². The summed E-state index contributed by atoms with van der Waals surface area (Å²) >= 11 is 0. The first-order chi connectivity index (χ1) is 10.2. The van der Waals surface area contributed by atoms with E-state index in [0.717, 1.165) is 30.3 Å². The van der Waals surface area contributed by atoms with E-state index in [-0.39, 0.29) is 18.3 Å². The number of likely N-dealkylation sites (tertiary alicyclic amines) is 1. The molecule has 22 heavy (non-hydrogen) atoms.